The second kappa shape index (κ2) is 10.9. The lowest BCUT2D eigenvalue weighted by atomic mass is 9.31. The predicted octanol–water partition coefficient (Wildman–Crippen LogP) is 12.0. The predicted molar refractivity (Wildman–Crippen MR) is 244 cm³/mol. The molecular formula is C54H37BN2. The van der Waals surface area contributed by atoms with Gasteiger partial charge in [0, 0.05) is 32.9 Å². The number of para-hydroxylation sites is 4. The number of fused-ring (bicyclic) bond motifs is 12. The topological polar surface area (TPSA) is 9.86 Å². The van der Waals surface area contributed by atoms with E-state index in [2.05, 4.69) is 200 Å². The molecule has 0 spiro atoms. The standard InChI is InChI=1S/C54H37BN2/c1-54(2,3)34-30-39-51-47-32(28-45-49(51)37-22-10-12-26-43(37)56(45)35-18-6-4-7-19-35)16-14-24-41(47)55-42-25-15-17-33-29-46-50(52(48(33)42)40(31-34)53(39)55)38-23-11-13-27-44(38)57(46)36-20-8-5-9-21-36/h4-31H,1-3H3. The first-order chi connectivity index (χ1) is 28.0. The summed E-state index contributed by atoms with van der Waals surface area (Å²) in [6, 6.07) is 64.0. The lowest BCUT2D eigenvalue weighted by Gasteiger charge is -2.36. The van der Waals surface area contributed by atoms with E-state index in [1.807, 2.05) is 0 Å². The molecule has 0 N–H and O–H groups in total. The fourth-order valence-electron chi connectivity index (χ4n) is 10.9. The van der Waals surface area contributed by atoms with E-state index in [0.717, 1.165) is 0 Å². The minimum Gasteiger partial charge on any atom is -0.309 e. The van der Waals surface area contributed by atoms with Gasteiger partial charge in [-0.1, -0.05) is 158 Å². The van der Waals surface area contributed by atoms with Crippen molar-refractivity contribution in [2.45, 2.75) is 26.2 Å². The van der Waals surface area contributed by atoms with Gasteiger partial charge < -0.3 is 9.13 Å². The second-order valence-electron chi connectivity index (χ2n) is 17.2. The van der Waals surface area contributed by atoms with Crippen molar-refractivity contribution in [3.05, 3.63) is 175 Å². The van der Waals surface area contributed by atoms with Crippen molar-refractivity contribution in [2.24, 2.45) is 0 Å². The molecule has 0 bridgehead atoms. The zero-order chi connectivity index (χ0) is 37.7. The van der Waals surface area contributed by atoms with Gasteiger partial charge >= 0.3 is 0 Å². The number of aromatic nitrogens is 2. The Hall–Kier alpha value is -6.84. The molecule has 0 saturated heterocycles. The second-order valence-corrected chi connectivity index (χ2v) is 17.2. The quantitative estimate of drug-likeness (QED) is 0.157. The van der Waals surface area contributed by atoms with E-state index in [1.165, 1.54) is 121 Å². The van der Waals surface area contributed by atoms with Crippen LogP contribution in [0.3, 0.4) is 0 Å². The molecule has 0 atom stereocenters. The molecule has 0 fully saturated rings. The monoisotopic (exact) mass is 724 g/mol. The molecule has 13 rings (SSSR count). The van der Waals surface area contributed by atoms with Crippen LogP contribution in [-0.4, -0.2) is 15.8 Å². The van der Waals surface area contributed by atoms with Crippen molar-refractivity contribution < 1.29 is 0 Å². The van der Waals surface area contributed by atoms with Gasteiger partial charge in [-0.2, -0.15) is 0 Å². The van der Waals surface area contributed by atoms with Gasteiger partial charge in [-0.15, -0.1) is 0 Å². The maximum Gasteiger partial charge on any atom is 0.244 e. The molecule has 3 heteroatoms. The summed E-state index contributed by atoms with van der Waals surface area (Å²) < 4.78 is 4.97. The van der Waals surface area contributed by atoms with Crippen LogP contribution in [0.5, 0.6) is 0 Å². The number of hydrogen-bond acceptors (Lipinski definition) is 0. The van der Waals surface area contributed by atoms with E-state index in [9.17, 15) is 0 Å². The van der Waals surface area contributed by atoms with Crippen LogP contribution in [0.2, 0.25) is 0 Å². The van der Waals surface area contributed by atoms with Gasteiger partial charge in [-0.25, -0.2) is 0 Å². The molecular weight excluding hydrogens is 687 g/mol. The Morgan fingerprint density at radius 2 is 0.842 bits per heavy atom. The van der Waals surface area contributed by atoms with Crippen LogP contribution >= 0.6 is 0 Å². The highest BCUT2D eigenvalue weighted by atomic mass is 15.0. The summed E-state index contributed by atoms with van der Waals surface area (Å²) in [5.74, 6) is 0. The Morgan fingerprint density at radius 1 is 0.404 bits per heavy atom. The Morgan fingerprint density at radius 3 is 1.30 bits per heavy atom. The largest absolute Gasteiger partial charge is 0.309 e. The van der Waals surface area contributed by atoms with Crippen LogP contribution in [-0.2, 0) is 5.41 Å². The van der Waals surface area contributed by atoms with Crippen molar-refractivity contribution in [3.63, 3.8) is 0 Å². The molecule has 266 valence electrons. The molecule has 2 aliphatic heterocycles. The third-order valence-corrected chi connectivity index (χ3v) is 13.2. The lowest BCUT2D eigenvalue weighted by Crippen LogP contribution is -2.57. The normalized spacial score (nSPS) is 13.1. The highest BCUT2D eigenvalue weighted by Crippen LogP contribution is 2.49. The Kier molecular flexibility index (Phi) is 6.02. The molecule has 2 aliphatic rings. The van der Waals surface area contributed by atoms with Crippen LogP contribution in [0.1, 0.15) is 26.3 Å². The van der Waals surface area contributed by atoms with Crippen LogP contribution in [0.15, 0.2) is 170 Å². The summed E-state index contributed by atoms with van der Waals surface area (Å²) in [4.78, 5) is 0. The summed E-state index contributed by atoms with van der Waals surface area (Å²) >= 11 is 0. The highest BCUT2D eigenvalue weighted by Gasteiger charge is 2.41. The maximum atomic E-state index is 2.57. The van der Waals surface area contributed by atoms with Gasteiger partial charge in [0.15, 0.2) is 0 Å². The van der Waals surface area contributed by atoms with E-state index in [1.54, 1.807) is 0 Å². The molecule has 0 unspecified atom stereocenters. The van der Waals surface area contributed by atoms with Crippen molar-refractivity contribution in [1.29, 1.82) is 0 Å². The number of benzene rings is 9. The molecule has 0 radical (unpaired) electrons. The number of nitrogens with zero attached hydrogens (tertiary/aromatic N) is 2. The third kappa shape index (κ3) is 4.01. The molecule has 0 aliphatic carbocycles. The van der Waals surface area contributed by atoms with E-state index in [0.29, 0.717) is 0 Å². The Balaban J connectivity index is 1.27. The van der Waals surface area contributed by atoms with E-state index in [-0.39, 0.29) is 12.1 Å². The smallest absolute Gasteiger partial charge is 0.244 e. The lowest BCUT2D eigenvalue weighted by molar-refractivity contribution is 0.591. The highest BCUT2D eigenvalue weighted by molar-refractivity contribution is 7.01. The van der Waals surface area contributed by atoms with Gasteiger partial charge in [0.1, 0.15) is 0 Å². The molecule has 57 heavy (non-hydrogen) atoms. The van der Waals surface area contributed by atoms with Crippen LogP contribution < -0.4 is 16.4 Å². The Bertz CT molecular complexity index is 3320. The summed E-state index contributed by atoms with van der Waals surface area (Å²) in [5, 5.41) is 10.6. The number of rotatable bonds is 2. The average molecular weight is 725 g/mol. The van der Waals surface area contributed by atoms with Crippen molar-refractivity contribution >= 4 is 88.3 Å². The van der Waals surface area contributed by atoms with Gasteiger partial charge in [0.25, 0.3) is 0 Å². The van der Waals surface area contributed by atoms with Gasteiger partial charge in [-0.05, 0) is 103 Å². The maximum absolute atomic E-state index is 2.57. The minimum absolute atomic E-state index is 0.0783. The summed E-state index contributed by atoms with van der Waals surface area (Å²) in [6.07, 6.45) is 0. The molecule has 11 aromatic rings. The molecule has 9 aromatic carbocycles. The van der Waals surface area contributed by atoms with Crippen molar-refractivity contribution in [2.75, 3.05) is 0 Å². The molecule has 0 saturated carbocycles. The van der Waals surface area contributed by atoms with E-state index in [4.69, 9.17) is 0 Å². The van der Waals surface area contributed by atoms with Gasteiger partial charge in [-0.3, -0.25) is 0 Å². The van der Waals surface area contributed by atoms with Gasteiger partial charge in [0.2, 0.25) is 6.71 Å². The molecule has 0 amide bonds. The zero-order valence-electron chi connectivity index (χ0n) is 32.1. The first-order valence-electron chi connectivity index (χ1n) is 20.2. The van der Waals surface area contributed by atoms with E-state index < -0.39 is 0 Å². The molecule has 2 aromatic heterocycles. The summed E-state index contributed by atoms with van der Waals surface area (Å²) in [5.41, 5.74) is 18.4. The summed E-state index contributed by atoms with van der Waals surface area (Å²) in [6.45, 7) is 7.24. The summed E-state index contributed by atoms with van der Waals surface area (Å²) in [7, 11) is 0. The SMILES string of the molecule is CC(C)(C)c1cc2c3c(c1)-c1c4c(cccc4cc4c1c1ccccc1n4-c1ccccc1)B3c1cccc3cc4c(c-2c13)c1ccccc1n4-c1ccccc1. The molecule has 2 nitrogen and oxygen atoms in total. The van der Waals surface area contributed by atoms with Crippen molar-refractivity contribution in [1.82, 2.24) is 9.13 Å². The first kappa shape index (κ1) is 31.4. The third-order valence-electron chi connectivity index (χ3n) is 13.2. The van der Waals surface area contributed by atoms with Crippen molar-refractivity contribution in [3.8, 4) is 33.6 Å². The number of hydrogen-bond donors (Lipinski definition) is 0. The van der Waals surface area contributed by atoms with Gasteiger partial charge in [0.05, 0.1) is 22.1 Å². The average Bonchev–Trinajstić information content (AvgIpc) is 3.75. The first-order valence-corrected chi connectivity index (χ1v) is 20.2. The minimum atomic E-state index is -0.0783. The Labute approximate surface area is 331 Å². The van der Waals surface area contributed by atoms with Crippen LogP contribution in [0.25, 0.3) is 98.8 Å². The van der Waals surface area contributed by atoms with Crippen LogP contribution in [0, 0.1) is 0 Å². The zero-order valence-corrected chi connectivity index (χ0v) is 32.1. The van der Waals surface area contributed by atoms with E-state index >= 15 is 0 Å². The fraction of sp³-hybridized carbons (Fsp3) is 0.0741. The fourth-order valence-corrected chi connectivity index (χ4v) is 10.9. The molecule has 4 heterocycles. The van der Waals surface area contributed by atoms with Crippen LogP contribution in [0.4, 0.5) is 0 Å².